The average Bonchev–Trinajstić information content (AvgIpc) is 2.34. The second-order valence-electron chi connectivity index (χ2n) is 2.88. The van der Waals surface area contributed by atoms with E-state index in [1.165, 1.54) is 24.1 Å². The van der Waals surface area contributed by atoms with Crippen molar-refractivity contribution in [2.24, 2.45) is 0 Å². The summed E-state index contributed by atoms with van der Waals surface area (Å²) in [6, 6.07) is -0.136. The van der Waals surface area contributed by atoms with Crippen molar-refractivity contribution in [3.63, 3.8) is 0 Å². The quantitative estimate of drug-likeness (QED) is 0.796. The van der Waals surface area contributed by atoms with Gasteiger partial charge in [0.2, 0.25) is 5.13 Å². The summed E-state index contributed by atoms with van der Waals surface area (Å²) in [6.07, 6.45) is 2.64. The predicted octanol–water partition coefficient (Wildman–Crippen LogP) is 0.383. The molecule has 1 atom stereocenters. The van der Waals surface area contributed by atoms with Gasteiger partial charge in [0.25, 0.3) is 0 Å². The van der Waals surface area contributed by atoms with Crippen LogP contribution in [0.4, 0.5) is 5.13 Å². The minimum absolute atomic E-state index is 0.104. The zero-order chi connectivity index (χ0) is 9.90. The summed E-state index contributed by atoms with van der Waals surface area (Å²) in [5.74, 6) is 0.104. The van der Waals surface area contributed by atoms with Crippen LogP contribution < -0.4 is 5.32 Å². The number of sulfone groups is 1. The van der Waals surface area contributed by atoms with Crippen LogP contribution in [-0.4, -0.2) is 35.8 Å². The van der Waals surface area contributed by atoms with Gasteiger partial charge in [-0.15, -0.1) is 0 Å². The molecular weight excluding hydrogens is 210 g/mol. The lowest BCUT2D eigenvalue weighted by molar-refractivity contribution is 0.598. The van der Waals surface area contributed by atoms with Gasteiger partial charge < -0.3 is 5.32 Å². The first kappa shape index (κ1) is 10.4. The SMILES string of the molecule is CC(CS(C)(=O)=O)Nc1ncns1. The van der Waals surface area contributed by atoms with Crippen molar-refractivity contribution in [3.05, 3.63) is 6.33 Å². The molecule has 0 fully saturated rings. The highest BCUT2D eigenvalue weighted by Gasteiger charge is 2.10. The summed E-state index contributed by atoms with van der Waals surface area (Å²) in [6.45, 7) is 1.79. The Bertz CT molecular complexity index is 346. The van der Waals surface area contributed by atoms with E-state index in [0.717, 1.165) is 0 Å². The van der Waals surface area contributed by atoms with Crippen molar-refractivity contribution in [2.45, 2.75) is 13.0 Å². The van der Waals surface area contributed by atoms with Crippen LogP contribution in [0.1, 0.15) is 6.92 Å². The number of hydrogen-bond donors (Lipinski definition) is 1. The maximum atomic E-state index is 10.9. The summed E-state index contributed by atoms with van der Waals surface area (Å²) in [4.78, 5) is 3.89. The Balaban J connectivity index is 2.47. The summed E-state index contributed by atoms with van der Waals surface area (Å²) >= 11 is 1.21. The lowest BCUT2D eigenvalue weighted by Crippen LogP contribution is -2.24. The molecule has 1 N–H and O–H groups in total. The Morgan fingerprint density at radius 1 is 1.69 bits per heavy atom. The van der Waals surface area contributed by atoms with Gasteiger partial charge >= 0.3 is 0 Å². The minimum Gasteiger partial charge on any atom is -0.357 e. The van der Waals surface area contributed by atoms with Gasteiger partial charge in [-0.1, -0.05) is 0 Å². The first-order valence-electron chi connectivity index (χ1n) is 3.68. The molecule has 0 aromatic carbocycles. The summed E-state index contributed by atoms with van der Waals surface area (Å²) in [5.41, 5.74) is 0. The molecule has 7 heteroatoms. The van der Waals surface area contributed by atoms with Gasteiger partial charge in [0.05, 0.1) is 5.75 Å². The Morgan fingerprint density at radius 2 is 2.38 bits per heavy atom. The molecule has 0 bridgehead atoms. The number of rotatable bonds is 4. The van der Waals surface area contributed by atoms with Crippen LogP contribution in [0.3, 0.4) is 0 Å². The van der Waals surface area contributed by atoms with E-state index in [1.807, 2.05) is 0 Å². The van der Waals surface area contributed by atoms with Gasteiger partial charge in [0.1, 0.15) is 16.2 Å². The van der Waals surface area contributed by atoms with Crippen molar-refractivity contribution < 1.29 is 8.42 Å². The van der Waals surface area contributed by atoms with Gasteiger partial charge in [-0.05, 0) is 6.92 Å². The fraction of sp³-hybridized carbons (Fsp3) is 0.667. The molecule has 1 rings (SSSR count). The molecule has 0 aliphatic rings. The Morgan fingerprint density at radius 3 is 2.85 bits per heavy atom. The van der Waals surface area contributed by atoms with E-state index >= 15 is 0 Å². The first-order valence-corrected chi connectivity index (χ1v) is 6.52. The van der Waals surface area contributed by atoms with E-state index in [0.29, 0.717) is 5.13 Å². The molecule has 1 aromatic heterocycles. The standard InChI is InChI=1S/C6H11N3O2S2/c1-5(3-13(2,10)11)9-6-7-4-8-12-6/h4-5H,3H2,1-2H3,(H,7,8,9). The van der Waals surface area contributed by atoms with Gasteiger partial charge in [-0.3, -0.25) is 0 Å². The van der Waals surface area contributed by atoms with Gasteiger partial charge in [0.15, 0.2) is 0 Å². The zero-order valence-electron chi connectivity index (χ0n) is 7.39. The summed E-state index contributed by atoms with van der Waals surface area (Å²) in [7, 11) is -2.93. The lowest BCUT2D eigenvalue weighted by Gasteiger charge is -2.10. The molecule has 0 saturated heterocycles. The van der Waals surface area contributed by atoms with Crippen molar-refractivity contribution in [1.29, 1.82) is 0 Å². The largest absolute Gasteiger partial charge is 0.357 e. The normalized spacial score (nSPS) is 14.0. The summed E-state index contributed by atoms with van der Waals surface area (Å²) < 4.78 is 25.6. The zero-order valence-corrected chi connectivity index (χ0v) is 9.02. The molecule has 0 saturated carbocycles. The molecule has 74 valence electrons. The van der Waals surface area contributed by atoms with E-state index in [-0.39, 0.29) is 11.8 Å². The van der Waals surface area contributed by atoms with E-state index < -0.39 is 9.84 Å². The van der Waals surface area contributed by atoms with Crippen molar-refractivity contribution in [2.75, 3.05) is 17.3 Å². The average molecular weight is 221 g/mol. The highest BCUT2D eigenvalue weighted by molar-refractivity contribution is 7.90. The highest BCUT2D eigenvalue weighted by Crippen LogP contribution is 2.08. The van der Waals surface area contributed by atoms with Gasteiger partial charge in [-0.2, -0.15) is 4.37 Å². The van der Waals surface area contributed by atoms with E-state index in [1.54, 1.807) is 6.92 Å². The fourth-order valence-corrected chi connectivity index (χ4v) is 2.48. The maximum absolute atomic E-state index is 10.9. The van der Waals surface area contributed by atoms with Crippen LogP contribution in [0, 0.1) is 0 Å². The third kappa shape index (κ3) is 4.18. The number of nitrogens with one attached hydrogen (secondary N) is 1. The Hall–Kier alpha value is -0.690. The van der Waals surface area contributed by atoms with Crippen molar-refractivity contribution in [1.82, 2.24) is 9.36 Å². The molecule has 0 spiro atoms. The topological polar surface area (TPSA) is 72.0 Å². The molecule has 1 unspecified atom stereocenters. The smallest absolute Gasteiger partial charge is 0.202 e. The second-order valence-corrected chi connectivity index (χ2v) is 5.85. The summed E-state index contributed by atoms with van der Waals surface area (Å²) in [5, 5.41) is 3.59. The third-order valence-corrected chi connectivity index (χ3v) is 2.99. The Kier molecular flexibility index (Phi) is 3.21. The second kappa shape index (κ2) is 4.01. The number of anilines is 1. The number of hydrogen-bond acceptors (Lipinski definition) is 6. The van der Waals surface area contributed by atoms with E-state index in [4.69, 9.17) is 0 Å². The first-order chi connectivity index (χ1) is 5.97. The highest BCUT2D eigenvalue weighted by atomic mass is 32.2. The van der Waals surface area contributed by atoms with Gasteiger partial charge in [-0.25, -0.2) is 13.4 Å². The van der Waals surface area contributed by atoms with E-state index in [9.17, 15) is 8.42 Å². The fourth-order valence-electron chi connectivity index (χ4n) is 0.943. The van der Waals surface area contributed by atoms with Crippen LogP contribution in [0.15, 0.2) is 6.33 Å². The maximum Gasteiger partial charge on any atom is 0.202 e. The van der Waals surface area contributed by atoms with E-state index in [2.05, 4.69) is 14.7 Å². The van der Waals surface area contributed by atoms with Crippen molar-refractivity contribution >= 4 is 26.5 Å². The molecule has 0 aliphatic carbocycles. The van der Waals surface area contributed by atoms with Gasteiger partial charge in [0, 0.05) is 23.8 Å². The monoisotopic (exact) mass is 221 g/mol. The third-order valence-electron chi connectivity index (χ3n) is 1.28. The number of nitrogens with zero attached hydrogens (tertiary/aromatic N) is 2. The molecular formula is C6H11N3O2S2. The molecule has 5 nitrogen and oxygen atoms in total. The van der Waals surface area contributed by atoms with Crippen LogP contribution in [0.2, 0.25) is 0 Å². The Labute approximate surface area is 81.3 Å². The molecule has 13 heavy (non-hydrogen) atoms. The van der Waals surface area contributed by atoms with Crippen LogP contribution in [0.25, 0.3) is 0 Å². The van der Waals surface area contributed by atoms with Crippen LogP contribution in [0.5, 0.6) is 0 Å². The molecule has 0 radical (unpaired) electrons. The molecule has 0 aliphatic heterocycles. The molecule has 0 amide bonds. The van der Waals surface area contributed by atoms with Crippen LogP contribution >= 0.6 is 11.5 Å². The number of aromatic nitrogens is 2. The molecule has 1 aromatic rings. The van der Waals surface area contributed by atoms with Crippen molar-refractivity contribution in [3.8, 4) is 0 Å². The molecule has 1 heterocycles. The van der Waals surface area contributed by atoms with Crippen LogP contribution in [-0.2, 0) is 9.84 Å². The minimum atomic E-state index is -2.93. The lowest BCUT2D eigenvalue weighted by atomic mass is 10.4. The predicted molar refractivity (Wildman–Crippen MR) is 52.7 cm³/mol.